The number of piperidine rings is 1. The smallest absolute Gasteiger partial charge is 0.255 e. The summed E-state index contributed by atoms with van der Waals surface area (Å²) in [6.07, 6.45) is 8.74. The second-order valence-electron chi connectivity index (χ2n) is 10.3. The maximum Gasteiger partial charge on any atom is 0.255 e. The van der Waals surface area contributed by atoms with Crippen molar-refractivity contribution in [2.24, 2.45) is 0 Å². The number of fused-ring (bicyclic) bond motifs is 1. The number of ether oxygens (including phenoxy) is 1. The highest BCUT2D eigenvalue weighted by molar-refractivity contribution is 6.30. The summed E-state index contributed by atoms with van der Waals surface area (Å²) in [5.74, 6) is 0.373. The van der Waals surface area contributed by atoms with E-state index in [0.29, 0.717) is 35.5 Å². The number of hydrogen-bond donors (Lipinski definition) is 1. The molecule has 3 atom stereocenters. The predicted octanol–water partition coefficient (Wildman–Crippen LogP) is 3.29. The van der Waals surface area contributed by atoms with Gasteiger partial charge in [0.25, 0.3) is 5.91 Å². The molecule has 2 aromatic rings. The number of nitrogens with zero attached hydrogens (tertiary/aromatic N) is 3. The van der Waals surface area contributed by atoms with E-state index in [4.69, 9.17) is 16.3 Å². The average molecular weight is 509 g/mol. The molecule has 1 saturated carbocycles. The van der Waals surface area contributed by atoms with Crippen LogP contribution >= 0.6 is 11.6 Å². The molecule has 3 fully saturated rings. The Kier molecular flexibility index (Phi) is 6.17. The van der Waals surface area contributed by atoms with E-state index in [1.807, 2.05) is 30.5 Å². The summed E-state index contributed by atoms with van der Waals surface area (Å²) in [6, 6.07) is 7.38. The van der Waals surface area contributed by atoms with Gasteiger partial charge in [0.15, 0.2) is 0 Å². The van der Waals surface area contributed by atoms with Crippen LogP contribution in [0.5, 0.6) is 5.75 Å². The number of amides is 3. The fraction of sp³-hybridized carbons (Fsp3) is 0.481. The largest absolute Gasteiger partial charge is 0.489 e. The van der Waals surface area contributed by atoms with Gasteiger partial charge in [-0.3, -0.25) is 29.6 Å². The lowest BCUT2D eigenvalue weighted by atomic mass is 9.85. The number of aromatic nitrogens is 1. The molecule has 0 spiro atoms. The lowest BCUT2D eigenvalue weighted by Crippen LogP contribution is -2.57. The monoisotopic (exact) mass is 508 g/mol. The molecule has 1 aliphatic carbocycles. The third kappa shape index (κ3) is 4.37. The van der Waals surface area contributed by atoms with Gasteiger partial charge in [-0.15, -0.1) is 0 Å². The zero-order valence-corrected chi connectivity index (χ0v) is 20.7. The molecule has 3 aliphatic heterocycles. The Morgan fingerprint density at radius 3 is 2.67 bits per heavy atom. The summed E-state index contributed by atoms with van der Waals surface area (Å²) in [5, 5.41) is 3.03. The Balaban J connectivity index is 1.12. The third-order valence-corrected chi connectivity index (χ3v) is 8.23. The highest BCUT2D eigenvalue weighted by Gasteiger charge is 2.41. The predicted molar refractivity (Wildman–Crippen MR) is 133 cm³/mol. The highest BCUT2D eigenvalue weighted by atomic mass is 35.5. The first-order valence-corrected chi connectivity index (χ1v) is 13.1. The summed E-state index contributed by atoms with van der Waals surface area (Å²) >= 11 is 6.13. The lowest BCUT2D eigenvalue weighted by Gasteiger charge is -2.48. The molecule has 0 radical (unpaired) electrons. The zero-order chi connectivity index (χ0) is 24.8. The Morgan fingerprint density at radius 1 is 1.03 bits per heavy atom. The summed E-state index contributed by atoms with van der Waals surface area (Å²) in [4.78, 5) is 45.1. The first-order chi connectivity index (χ1) is 17.5. The van der Waals surface area contributed by atoms with Crippen molar-refractivity contribution >= 4 is 29.3 Å². The van der Waals surface area contributed by atoms with Crippen molar-refractivity contribution in [3.63, 3.8) is 0 Å². The molecule has 4 aliphatic rings. The molecule has 0 bridgehead atoms. The number of nitrogens with one attached hydrogen (secondary N) is 1. The number of carbonyl (C=O) groups excluding carboxylic acids is 3. The molecule has 6 rings (SSSR count). The average Bonchev–Trinajstić information content (AvgIpc) is 3.15. The fourth-order valence-corrected chi connectivity index (χ4v) is 6.26. The van der Waals surface area contributed by atoms with Gasteiger partial charge in [-0.2, -0.15) is 0 Å². The van der Waals surface area contributed by atoms with Crippen molar-refractivity contribution in [1.82, 2.24) is 20.1 Å². The van der Waals surface area contributed by atoms with E-state index < -0.39 is 11.9 Å². The number of imide groups is 1. The summed E-state index contributed by atoms with van der Waals surface area (Å²) in [7, 11) is 0. The number of likely N-dealkylation sites (tertiary alicyclic amines) is 1. The van der Waals surface area contributed by atoms with Gasteiger partial charge in [0.1, 0.15) is 17.9 Å². The van der Waals surface area contributed by atoms with Crippen LogP contribution in [-0.2, 0) is 16.1 Å². The lowest BCUT2D eigenvalue weighted by molar-refractivity contribution is -0.136. The van der Waals surface area contributed by atoms with Gasteiger partial charge in [-0.25, -0.2) is 0 Å². The summed E-state index contributed by atoms with van der Waals surface area (Å²) in [5.41, 5.74) is 2.66. The summed E-state index contributed by atoms with van der Waals surface area (Å²) in [6.45, 7) is 2.31. The molecule has 0 unspecified atom stereocenters. The van der Waals surface area contributed by atoms with Crippen molar-refractivity contribution in [3.05, 3.63) is 58.4 Å². The van der Waals surface area contributed by atoms with Crippen molar-refractivity contribution in [3.8, 4) is 5.75 Å². The Hall–Kier alpha value is -2.97. The Morgan fingerprint density at radius 2 is 1.86 bits per heavy atom. The van der Waals surface area contributed by atoms with Gasteiger partial charge < -0.3 is 9.64 Å². The standard InChI is InChI=1S/C27H29ClN4O4/c28-19-9-16(11-29-12-19)18-13-31(14-18)22-3-1-2-4-24(22)36-20-5-6-21-17(10-20)15-32(27(21)35)23-7-8-25(33)30-26(23)34/h5-6,9-12,18,22-24H,1-4,7-8,13-15H2,(H,30,33,34)/t22-,23+,24+/m1/s1. The van der Waals surface area contributed by atoms with Gasteiger partial charge >= 0.3 is 0 Å². The second kappa shape index (κ2) is 9.48. The van der Waals surface area contributed by atoms with E-state index in [1.165, 1.54) is 12.0 Å². The van der Waals surface area contributed by atoms with Crippen LogP contribution in [0.2, 0.25) is 5.02 Å². The molecule has 2 saturated heterocycles. The first-order valence-electron chi connectivity index (χ1n) is 12.7. The maximum atomic E-state index is 13.0. The minimum absolute atomic E-state index is 0.0959. The number of pyridine rings is 1. The molecule has 8 nitrogen and oxygen atoms in total. The van der Waals surface area contributed by atoms with Crippen LogP contribution in [0.3, 0.4) is 0 Å². The van der Waals surface area contributed by atoms with Crippen molar-refractivity contribution < 1.29 is 19.1 Å². The van der Waals surface area contributed by atoms with Crippen molar-refractivity contribution in [1.29, 1.82) is 0 Å². The SMILES string of the molecule is O=C1CC[C@H](N2Cc3cc(O[C@H]4CCCC[C@H]4N4CC(c5cncc(Cl)c5)C4)ccc3C2=O)C(=O)N1. The van der Waals surface area contributed by atoms with Crippen LogP contribution in [0.4, 0.5) is 0 Å². The molecule has 36 heavy (non-hydrogen) atoms. The minimum atomic E-state index is -0.608. The maximum absolute atomic E-state index is 13.0. The number of hydrogen-bond acceptors (Lipinski definition) is 6. The number of benzene rings is 1. The quantitative estimate of drug-likeness (QED) is 0.623. The topological polar surface area (TPSA) is 91.8 Å². The van der Waals surface area contributed by atoms with Crippen LogP contribution < -0.4 is 10.1 Å². The number of rotatable bonds is 5. The molecule has 188 valence electrons. The van der Waals surface area contributed by atoms with Crippen LogP contribution in [0.1, 0.15) is 65.9 Å². The van der Waals surface area contributed by atoms with Crippen LogP contribution in [0, 0.1) is 0 Å². The van der Waals surface area contributed by atoms with Gasteiger partial charge in [-0.1, -0.05) is 18.0 Å². The molecule has 9 heteroatoms. The molecule has 4 heterocycles. The molecular weight excluding hydrogens is 480 g/mol. The van der Waals surface area contributed by atoms with Crippen LogP contribution in [0.25, 0.3) is 0 Å². The van der Waals surface area contributed by atoms with Crippen molar-refractivity contribution in [2.45, 2.75) is 69.2 Å². The minimum Gasteiger partial charge on any atom is -0.489 e. The van der Waals surface area contributed by atoms with Crippen LogP contribution in [0.15, 0.2) is 36.7 Å². The summed E-state index contributed by atoms with van der Waals surface area (Å²) < 4.78 is 6.53. The normalized spacial score (nSPS) is 27.0. The van der Waals surface area contributed by atoms with Crippen molar-refractivity contribution in [2.75, 3.05) is 13.1 Å². The fourth-order valence-electron chi connectivity index (χ4n) is 6.08. The van der Waals surface area contributed by atoms with E-state index in [9.17, 15) is 14.4 Å². The van der Waals surface area contributed by atoms with Gasteiger partial charge in [0, 0.05) is 56.0 Å². The van der Waals surface area contributed by atoms with Crippen LogP contribution in [-0.4, -0.2) is 63.8 Å². The Bertz CT molecular complexity index is 1210. The number of halogens is 1. The van der Waals surface area contributed by atoms with E-state index in [2.05, 4.69) is 15.2 Å². The van der Waals surface area contributed by atoms with E-state index in [1.54, 1.807) is 11.1 Å². The van der Waals surface area contributed by atoms with E-state index in [-0.39, 0.29) is 24.3 Å². The molecule has 3 amide bonds. The molecular formula is C27H29ClN4O4. The Labute approximate surface area is 214 Å². The van der Waals surface area contributed by atoms with Gasteiger partial charge in [-0.05, 0) is 61.1 Å². The van der Waals surface area contributed by atoms with Gasteiger partial charge in [0.05, 0.1) is 5.02 Å². The zero-order valence-electron chi connectivity index (χ0n) is 20.0. The first kappa shape index (κ1) is 23.4. The number of carbonyl (C=O) groups is 3. The van der Waals surface area contributed by atoms with Gasteiger partial charge in [0.2, 0.25) is 11.8 Å². The third-order valence-electron chi connectivity index (χ3n) is 8.03. The van der Waals surface area contributed by atoms with E-state index in [0.717, 1.165) is 43.7 Å². The second-order valence-corrected chi connectivity index (χ2v) is 10.8. The highest BCUT2D eigenvalue weighted by Crippen LogP contribution is 2.37. The van der Waals surface area contributed by atoms with E-state index >= 15 is 0 Å². The molecule has 1 aromatic carbocycles. The molecule has 1 aromatic heterocycles. The molecule has 1 N–H and O–H groups in total.